The van der Waals surface area contributed by atoms with Gasteiger partial charge in [-0.15, -0.1) is 11.8 Å². The Morgan fingerprint density at radius 2 is 2.10 bits per heavy atom. The van der Waals surface area contributed by atoms with E-state index in [4.69, 9.17) is 15.4 Å². The number of rotatable bonds is 7. The number of Topliss-reactive ketones (excluding diaryl/α,β-unsaturated/α-hetero) is 1. The zero-order chi connectivity index (χ0) is 15.8. The molecule has 0 aliphatic carbocycles. The first kappa shape index (κ1) is 16.9. The maximum Gasteiger partial charge on any atom is 0.339 e. The summed E-state index contributed by atoms with van der Waals surface area (Å²) in [5, 5.41) is 16.1. The smallest absolute Gasteiger partial charge is 0.339 e. The van der Waals surface area contributed by atoms with Crippen LogP contribution in [0.5, 0.6) is 0 Å². The van der Waals surface area contributed by atoms with E-state index in [-0.39, 0.29) is 5.71 Å². The molecular weight excluding hydrogens is 288 g/mol. The average Bonchev–Trinajstić information content (AvgIpc) is 2.46. The summed E-state index contributed by atoms with van der Waals surface area (Å²) in [6, 6.07) is 8.72. The zero-order valence-corrected chi connectivity index (χ0v) is 12.7. The molecule has 110 valence electrons. The summed E-state index contributed by atoms with van der Waals surface area (Å²) in [6.07, 6.45) is 0. The molecule has 5 nitrogen and oxygen atoms in total. The predicted octanol–water partition coefficient (Wildman–Crippen LogP) is 2.70. The van der Waals surface area contributed by atoms with Gasteiger partial charge < -0.3 is 10.1 Å². The summed E-state index contributed by atoms with van der Waals surface area (Å²) in [5.41, 5.74) is 0.345. The molecule has 1 aromatic rings. The van der Waals surface area contributed by atoms with Crippen molar-refractivity contribution in [3.05, 3.63) is 29.8 Å². The van der Waals surface area contributed by atoms with E-state index in [1.165, 1.54) is 18.7 Å². The van der Waals surface area contributed by atoms with Gasteiger partial charge in [-0.2, -0.15) is 5.26 Å². The largest absolute Gasteiger partial charge is 0.454 e. The molecule has 21 heavy (non-hydrogen) atoms. The third-order valence-electron chi connectivity index (χ3n) is 2.64. The Morgan fingerprint density at radius 3 is 2.67 bits per heavy atom. The van der Waals surface area contributed by atoms with Gasteiger partial charge in [0.15, 0.2) is 12.4 Å². The van der Waals surface area contributed by atoms with E-state index in [0.29, 0.717) is 5.56 Å². The first-order valence-electron chi connectivity index (χ1n) is 6.37. The minimum Gasteiger partial charge on any atom is -0.454 e. The fourth-order valence-corrected chi connectivity index (χ4v) is 2.42. The van der Waals surface area contributed by atoms with Crippen molar-refractivity contribution in [2.24, 2.45) is 5.92 Å². The van der Waals surface area contributed by atoms with E-state index >= 15 is 0 Å². The molecule has 0 spiro atoms. The van der Waals surface area contributed by atoms with Crippen LogP contribution in [0.15, 0.2) is 29.2 Å². The third kappa shape index (κ3) is 4.72. The average molecular weight is 304 g/mol. The maximum atomic E-state index is 12.0. The quantitative estimate of drug-likeness (QED) is 0.475. The van der Waals surface area contributed by atoms with E-state index in [2.05, 4.69) is 0 Å². The molecule has 6 heteroatoms. The van der Waals surface area contributed by atoms with Gasteiger partial charge in [0.25, 0.3) is 0 Å². The van der Waals surface area contributed by atoms with Gasteiger partial charge in [-0.25, -0.2) is 4.79 Å². The number of hydrogen-bond donors (Lipinski definition) is 1. The van der Waals surface area contributed by atoms with Crippen molar-refractivity contribution in [2.75, 3.05) is 12.4 Å². The Hall–Kier alpha value is -2.13. The SMILES string of the molecule is CCSc1ccccc1C(=O)OCC(=O)[C@@H](C#N)C(C)=N. The van der Waals surface area contributed by atoms with Crippen LogP contribution in [0.1, 0.15) is 24.2 Å². The van der Waals surface area contributed by atoms with E-state index in [9.17, 15) is 9.59 Å². The molecule has 1 N–H and O–H groups in total. The number of nitrogens with zero attached hydrogens (tertiary/aromatic N) is 1. The topological polar surface area (TPSA) is 91.0 Å². The molecule has 0 amide bonds. The number of hydrogen-bond acceptors (Lipinski definition) is 6. The van der Waals surface area contributed by atoms with Gasteiger partial charge in [-0.1, -0.05) is 19.1 Å². The molecule has 1 rings (SSSR count). The van der Waals surface area contributed by atoms with Crippen LogP contribution in [-0.4, -0.2) is 29.8 Å². The van der Waals surface area contributed by atoms with Gasteiger partial charge in [0.2, 0.25) is 0 Å². The maximum absolute atomic E-state index is 12.0. The molecule has 0 heterocycles. The van der Waals surface area contributed by atoms with Crippen molar-refractivity contribution in [3.63, 3.8) is 0 Å². The lowest BCUT2D eigenvalue weighted by molar-refractivity contribution is -0.122. The van der Waals surface area contributed by atoms with Gasteiger partial charge in [0, 0.05) is 10.6 Å². The fourth-order valence-electron chi connectivity index (χ4n) is 1.62. The van der Waals surface area contributed by atoms with Crippen LogP contribution >= 0.6 is 11.8 Å². The second-order valence-electron chi connectivity index (χ2n) is 4.22. The molecule has 1 aromatic carbocycles. The fraction of sp³-hybridized carbons (Fsp3) is 0.333. The summed E-state index contributed by atoms with van der Waals surface area (Å²) in [7, 11) is 0. The van der Waals surface area contributed by atoms with Crippen LogP contribution in [0.4, 0.5) is 0 Å². The summed E-state index contributed by atoms with van der Waals surface area (Å²) in [6.45, 7) is 2.85. The van der Waals surface area contributed by atoms with Crippen LogP contribution in [0.2, 0.25) is 0 Å². The first-order valence-corrected chi connectivity index (χ1v) is 7.36. The van der Waals surface area contributed by atoms with Gasteiger partial charge >= 0.3 is 5.97 Å². The Labute approximate surface area is 127 Å². The molecule has 0 bridgehead atoms. The van der Waals surface area contributed by atoms with E-state index in [0.717, 1.165) is 10.6 Å². The monoisotopic (exact) mass is 304 g/mol. The molecule has 0 aromatic heterocycles. The summed E-state index contributed by atoms with van der Waals surface area (Å²) >= 11 is 1.51. The molecule has 0 radical (unpaired) electrons. The molecule has 0 saturated heterocycles. The van der Waals surface area contributed by atoms with Crippen LogP contribution in [-0.2, 0) is 9.53 Å². The Balaban J connectivity index is 2.73. The van der Waals surface area contributed by atoms with Crippen LogP contribution in [0.25, 0.3) is 0 Å². The number of esters is 1. The highest BCUT2D eigenvalue weighted by atomic mass is 32.2. The van der Waals surface area contributed by atoms with Crippen molar-refractivity contribution in [1.82, 2.24) is 0 Å². The number of ether oxygens (including phenoxy) is 1. The van der Waals surface area contributed by atoms with E-state index in [1.54, 1.807) is 18.2 Å². The molecule has 0 unspecified atom stereocenters. The lowest BCUT2D eigenvalue weighted by Gasteiger charge is -2.09. The zero-order valence-electron chi connectivity index (χ0n) is 11.9. The Kier molecular flexibility index (Phi) is 6.63. The standard InChI is InChI=1S/C15H16N2O3S/c1-3-21-14-7-5-4-6-11(14)15(19)20-9-13(18)12(8-16)10(2)17/h4-7,12,17H,3,9H2,1-2H3/t12-/m0/s1. The number of thioether (sulfide) groups is 1. The second-order valence-corrected chi connectivity index (χ2v) is 5.52. The number of ketones is 1. The minimum absolute atomic E-state index is 0.0551. The normalized spacial score (nSPS) is 11.3. The second kappa shape index (κ2) is 8.22. The molecule has 0 saturated carbocycles. The molecule has 0 aliphatic heterocycles. The van der Waals surface area contributed by atoms with Crippen molar-refractivity contribution < 1.29 is 14.3 Å². The van der Waals surface area contributed by atoms with Crippen molar-refractivity contribution >= 4 is 29.2 Å². The van der Waals surface area contributed by atoms with E-state index in [1.807, 2.05) is 19.1 Å². The van der Waals surface area contributed by atoms with Crippen LogP contribution < -0.4 is 0 Å². The van der Waals surface area contributed by atoms with Crippen molar-refractivity contribution in [2.45, 2.75) is 18.7 Å². The highest BCUT2D eigenvalue weighted by molar-refractivity contribution is 7.99. The number of carbonyl (C=O) groups excluding carboxylic acids is 2. The summed E-state index contributed by atoms with van der Waals surface area (Å²) < 4.78 is 4.96. The predicted molar refractivity (Wildman–Crippen MR) is 80.6 cm³/mol. The highest BCUT2D eigenvalue weighted by Gasteiger charge is 2.22. The van der Waals surface area contributed by atoms with Crippen molar-refractivity contribution in [3.8, 4) is 6.07 Å². The van der Waals surface area contributed by atoms with Gasteiger partial charge in [0.1, 0.15) is 5.92 Å². The third-order valence-corrected chi connectivity index (χ3v) is 3.59. The lowest BCUT2D eigenvalue weighted by atomic mass is 10.0. The van der Waals surface area contributed by atoms with Gasteiger partial charge in [-0.05, 0) is 24.8 Å². The van der Waals surface area contributed by atoms with Crippen molar-refractivity contribution in [1.29, 1.82) is 10.7 Å². The summed E-state index contributed by atoms with van der Waals surface area (Å²) in [4.78, 5) is 24.5. The minimum atomic E-state index is -1.15. The summed E-state index contributed by atoms with van der Waals surface area (Å²) in [5.74, 6) is -1.52. The first-order chi connectivity index (χ1) is 10.0. The van der Waals surface area contributed by atoms with Gasteiger partial charge in [0.05, 0.1) is 11.6 Å². The van der Waals surface area contributed by atoms with Crippen LogP contribution in [0.3, 0.4) is 0 Å². The van der Waals surface area contributed by atoms with E-state index < -0.39 is 24.3 Å². The van der Waals surface area contributed by atoms with Gasteiger partial charge in [-0.3, -0.25) is 4.79 Å². The highest BCUT2D eigenvalue weighted by Crippen LogP contribution is 2.22. The number of nitriles is 1. The van der Waals surface area contributed by atoms with Crippen LogP contribution in [0, 0.1) is 22.7 Å². The molecule has 0 aliphatic rings. The lowest BCUT2D eigenvalue weighted by Crippen LogP contribution is -2.25. The molecule has 0 fully saturated rings. The Bertz CT molecular complexity index is 593. The number of carbonyl (C=O) groups is 2. The number of nitrogens with one attached hydrogen (secondary N) is 1. The number of benzene rings is 1. The molecule has 1 atom stereocenters. The molecular formula is C15H16N2O3S. The Morgan fingerprint density at radius 1 is 1.43 bits per heavy atom.